The molecular weight excluding hydrogens is 408 g/mol. The normalized spacial score (nSPS) is 17.7. The van der Waals surface area contributed by atoms with E-state index in [9.17, 15) is 9.59 Å². The summed E-state index contributed by atoms with van der Waals surface area (Å²) in [5.74, 6) is -1.17. The van der Waals surface area contributed by atoms with Crippen LogP contribution in [0.15, 0.2) is 26.2 Å². The molecule has 1 saturated heterocycles. The number of halogens is 2. The number of hydrogen-bond acceptors (Lipinski definition) is 3. The van der Waals surface area contributed by atoms with Crippen LogP contribution in [0, 0.1) is 5.92 Å². The fraction of sp³-hybridized carbons (Fsp3) is 0.333. The van der Waals surface area contributed by atoms with Gasteiger partial charge < -0.3 is 10.0 Å². The van der Waals surface area contributed by atoms with Gasteiger partial charge in [0.25, 0.3) is 0 Å². The standard InChI is InChI=1S/C12H10Br2N4O3/c13-8-2-7(12(20)21)3-9(14)11(8)18-5-6(1-10(18)19)4-16-17-15/h2-3,6H,1,4-5H2,(H,20,21). The zero-order chi connectivity index (χ0) is 15.6. The Balaban J connectivity index is 2.32. The summed E-state index contributed by atoms with van der Waals surface area (Å²) < 4.78 is 1.04. The Morgan fingerprint density at radius 2 is 2.10 bits per heavy atom. The molecule has 0 aliphatic carbocycles. The average molecular weight is 418 g/mol. The van der Waals surface area contributed by atoms with Gasteiger partial charge in [0.1, 0.15) is 0 Å². The third-order valence-corrected chi connectivity index (χ3v) is 4.35. The number of amides is 1. The lowest BCUT2D eigenvalue weighted by atomic mass is 10.1. The molecular formula is C12H10Br2N4O3. The molecule has 1 aliphatic rings. The predicted octanol–water partition coefficient (Wildman–Crippen LogP) is 3.57. The minimum absolute atomic E-state index is 0.0358. The number of benzene rings is 1. The third kappa shape index (κ3) is 3.37. The number of carbonyl (C=O) groups is 2. The summed E-state index contributed by atoms with van der Waals surface area (Å²) in [6.07, 6.45) is 0.304. The Kier molecular flexibility index (Phi) is 4.87. The van der Waals surface area contributed by atoms with Gasteiger partial charge in [0.15, 0.2) is 0 Å². The van der Waals surface area contributed by atoms with Crippen molar-refractivity contribution < 1.29 is 14.7 Å². The van der Waals surface area contributed by atoms with Gasteiger partial charge in [0.05, 0.1) is 11.3 Å². The van der Waals surface area contributed by atoms with Crippen molar-refractivity contribution in [2.75, 3.05) is 18.0 Å². The molecule has 2 rings (SSSR count). The zero-order valence-electron chi connectivity index (χ0n) is 10.7. The van der Waals surface area contributed by atoms with E-state index in [1.54, 1.807) is 4.90 Å². The smallest absolute Gasteiger partial charge is 0.335 e. The van der Waals surface area contributed by atoms with Crippen LogP contribution >= 0.6 is 31.9 Å². The largest absolute Gasteiger partial charge is 0.478 e. The van der Waals surface area contributed by atoms with Gasteiger partial charge in [-0.15, -0.1) is 0 Å². The van der Waals surface area contributed by atoms with E-state index in [1.807, 2.05) is 0 Å². The molecule has 0 bridgehead atoms. The van der Waals surface area contributed by atoms with E-state index in [0.29, 0.717) is 27.6 Å². The molecule has 1 unspecified atom stereocenters. The minimum atomic E-state index is -1.04. The lowest BCUT2D eigenvalue weighted by Gasteiger charge is -2.20. The first-order valence-corrected chi connectivity index (χ1v) is 7.56. The van der Waals surface area contributed by atoms with Gasteiger partial charge in [-0.05, 0) is 55.4 Å². The van der Waals surface area contributed by atoms with Crippen LogP contribution in [0.4, 0.5) is 5.69 Å². The molecule has 1 atom stereocenters. The topological polar surface area (TPSA) is 106 Å². The predicted molar refractivity (Wildman–Crippen MR) is 83.3 cm³/mol. The molecule has 9 heteroatoms. The Morgan fingerprint density at radius 1 is 1.48 bits per heavy atom. The van der Waals surface area contributed by atoms with Gasteiger partial charge in [-0.2, -0.15) is 0 Å². The van der Waals surface area contributed by atoms with Gasteiger partial charge >= 0.3 is 5.97 Å². The highest BCUT2D eigenvalue weighted by Crippen LogP contribution is 2.38. The number of carboxylic acid groups (broad SMARTS) is 1. The Morgan fingerprint density at radius 3 is 2.62 bits per heavy atom. The first-order valence-electron chi connectivity index (χ1n) is 5.97. The number of azide groups is 1. The summed E-state index contributed by atoms with van der Waals surface area (Å²) in [5.41, 5.74) is 9.05. The van der Waals surface area contributed by atoms with Crippen LogP contribution in [-0.2, 0) is 4.79 Å². The third-order valence-electron chi connectivity index (χ3n) is 3.14. The van der Waals surface area contributed by atoms with Gasteiger partial charge in [0.2, 0.25) is 5.91 Å². The average Bonchev–Trinajstić information content (AvgIpc) is 2.76. The van der Waals surface area contributed by atoms with Gasteiger partial charge in [-0.3, -0.25) is 4.79 Å². The highest BCUT2D eigenvalue weighted by atomic mass is 79.9. The van der Waals surface area contributed by atoms with Gasteiger partial charge in [0, 0.05) is 33.4 Å². The van der Waals surface area contributed by atoms with Crippen LogP contribution in [0.2, 0.25) is 0 Å². The quantitative estimate of drug-likeness (QED) is 0.459. The maximum absolute atomic E-state index is 12.1. The maximum atomic E-state index is 12.1. The Labute approximate surface area is 136 Å². The molecule has 1 heterocycles. The number of aromatic carboxylic acids is 1. The molecule has 21 heavy (non-hydrogen) atoms. The zero-order valence-corrected chi connectivity index (χ0v) is 13.8. The first-order chi connectivity index (χ1) is 9.93. The lowest BCUT2D eigenvalue weighted by molar-refractivity contribution is -0.117. The van der Waals surface area contributed by atoms with Crippen LogP contribution < -0.4 is 4.90 Å². The van der Waals surface area contributed by atoms with Crippen LogP contribution in [0.25, 0.3) is 10.4 Å². The SMILES string of the molecule is [N-]=[N+]=NCC1CC(=O)N(c2c(Br)cc(C(=O)O)cc2Br)C1. The first kappa shape index (κ1) is 15.8. The summed E-state index contributed by atoms with van der Waals surface area (Å²) in [7, 11) is 0. The van der Waals surface area contributed by atoms with E-state index in [4.69, 9.17) is 10.6 Å². The highest BCUT2D eigenvalue weighted by Gasteiger charge is 2.32. The summed E-state index contributed by atoms with van der Waals surface area (Å²) >= 11 is 6.61. The Hall–Kier alpha value is -1.57. The monoisotopic (exact) mass is 416 g/mol. The van der Waals surface area contributed by atoms with Crippen LogP contribution in [0.1, 0.15) is 16.8 Å². The number of rotatable bonds is 4. The van der Waals surface area contributed by atoms with Crippen molar-refractivity contribution in [1.82, 2.24) is 0 Å². The van der Waals surface area contributed by atoms with Crippen molar-refractivity contribution in [2.45, 2.75) is 6.42 Å². The van der Waals surface area contributed by atoms with Crippen molar-refractivity contribution in [3.63, 3.8) is 0 Å². The second kappa shape index (κ2) is 6.46. The molecule has 1 aromatic carbocycles. The molecule has 1 N–H and O–H groups in total. The molecule has 1 aromatic rings. The summed E-state index contributed by atoms with van der Waals surface area (Å²) in [4.78, 5) is 27.4. The molecule has 7 nitrogen and oxygen atoms in total. The van der Waals surface area contributed by atoms with Crippen LogP contribution in [0.3, 0.4) is 0 Å². The van der Waals surface area contributed by atoms with Crippen molar-refractivity contribution >= 4 is 49.4 Å². The molecule has 0 radical (unpaired) electrons. The number of nitrogens with zero attached hydrogens (tertiary/aromatic N) is 4. The number of carboxylic acids is 1. The van der Waals surface area contributed by atoms with E-state index in [0.717, 1.165) is 0 Å². The molecule has 1 amide bonds. The van der Waals surface area contributed by atoms with Crippen molar-refractivity contribution in [3.8, 4) is 0 Å². The van der Waals surface area contributed by atoms with Gasteiger partial charge in [-0.1, -0.05) is 5.11 Å². The fourth-order valence-corrected chi connectivity index (χ4v) is 3.83. The highest BCUT2D eigenvalue weighted by molar-refractivity contribution is 9.11. The molecule has 0 saturated carbocycles. The minimum Gasteiger partial charge on any atom is -0.478 e. The molecule has 1 fully saturated rings. The second-order valence-electron chi connectivity index (χ2n) is 4.58. The number of anilines is 1. The molecule has 110 valence electrons. The summed E-state index contributed by atoms with van der Waals surface area (Å²) in [5, 5.41) is 12.5. The second-order valence-corrected chi connectivity index (χ2v) is 6.29. The molecule has 0 aromatic heterocycles. The van der Waals surface area contributed by atoms with Gasteiger partial charge in [-0.25, -0.2) is 4.79 Å². The fourth-order valence-electron chi connectivity index (χ4n) is 2.22. The maximum Gasteiger partial charge on any atom is 0.335 e. The summed E-state index contributed by atoms with van der Waals surface area (Å²) in [6, 6.07) is 2.91. The summed E-state index contributed by atoms with van der Waals surface area (Å²) in [6.45, 7) is 0.697. The molecule has 1 aliphatic heterocycles. The molecule has 0 spiro atoms. The van der Waals surface area contributed by atoms with E-state index < -0.39 is 5.97 Å². The van der Waals surface area contributed by atoms with Crippen LogP contribution in [0.5, 0.6) is 0 Å². The van der Waals surface area contributed by atoms with Crippen molar-refractivity contribution in [2.24, 2.45) is 11.0 Å². The Bertz CT molecular complexity index is 635. The van der Waals surface area contributed by atoms with E-state index in [2.05, 4.69) is 41.9 Å². The van der Waals surface area contributed by atoms with Crippen LogP contribution in [-0.4, -0.2) is 30.1 Å². The van der Waals surface area contributed by atoms with Crippen molar-refractivity contribution in [1.29, 1.82) is 0 Å². The number of carbonyl (C=O) groups excluding carboxylic acids is 1. The lowest BCUT2D eigenvalue weighted by Crippen LogP contribution is -2.25. The van der Waals surface area contributed by atoms with E-state index >= 15 is 0 Å². The van der Waals surface area contributed by atoms with E-state index in [1.165, 1.54) is 12.1 Å². The number of hydrogen-bond donors (Lipinski definition) is 1. The van der Waals surface area contributed by atoms with Crippen molar-refractivity contribution in [3.05, 3.63) is 37.1 Å². The van der Waals surface area contributed by atoms with E-state index in [-0.39, 0.29) is 23.9 Å².